The van der Waals surface area contributed by atoms with Crippen molar-refractivity contribution in [1.29, 1.82) is 0 Å². The Hall–Kier alpha value is -0.520. The van der Waals surface area contributed by atoms with Gasteiger partial charge in [-0.1, -0.05) is 57.6 Å². The van der Waals surface area contributed by atoms with Crippen LogP contribution in [0.25, 0.3) is 0 Å². The van der Waals surface area contributed by atoms with Gasteiger partial charge in [-0.2, -0.15) is 0 Å². The lowest BCUT2D eigenvalue weighted by molar-refractivity contribution is 0.564. The fraction of sp³-hybridized carbons (Fsp3) is 0.692. The number of hydrogen-bond acceptors (Lipinski definition) is 0. The SMILES string of the molecule is C=CC(C=C)CCCCCCCC. The van der Waals surface area contributed by atoms with Crippen molar-refractivity contribution < 1.29 is 0 Å². The molecule has 0 heterocycles. The molecule has 0 spiro atoms. The molecule has 0 nitrogen and oxygen atoms in total. The van der Waals surface area contributed by atoms with Crippen molar-refractivity contribution >= 4 is 0 Å². The van der Waals surface area contributed by atoms with Gasteiger partial charge in [0.2, 0.25) is 0 Å². The van der Waals surface area contributed by atoms with E-state index in [0.29, 0.717) is 5.92 Å². The second-order valence-electron chi connectivity index (χ2n) is 3.69. The Morgan fingerprint density at radius 1 is 0.923 bits per heavy atom. The van der Waals surface area contributed by atoms with E-state index in [9.17, 15) is 0 Å². The topological polar surface area (TPSA) is 0 Å². The molecule has 0 atom stereocenters. The van der Waals surface area contributed by atoms with Gasteiger partial charge >= 0.3 is 0 Å². The van der Waals surface area contributed by atoms with Crippen molar-refractivity contribution in [3.05, 3.63) is 25.3 Å². The molecular weight excluding hydrogens is 156 g/mol. The maximum atomic E-state index is 3.79. The van der Waals surface area contributed by atoms with E-state index in [1.165, 1.54) is 44.9 Å². The number of rotatable bonds is 9. The van der Waals surface area contributed by atoms with Crippen LogP contribution in [-0.4, -0.2) is 0 Å². The zero-order valence-electron chi connectivity index (χ0n) is 9.10. The largest absolute Gasteiger partial charge is 0.102 e. The van der Waals surface area contributed by atoms with Gasteiger partial charge in [-0.25, -0.2) is 0 Å². The summed E-state index contributed by atoms with van der Waals surface area (Å²) in [7, 11) is 0. The first-order valence-corrected chi connectivity index (χ1v) is 5.60. The third kappa shape index (κ3) is 7.83. The van der Waals surface area contributed by atoms with E-state index in [1.54, 1.807) is 0 Å². The van der Waals surface area contributed by atoms with Gasteiger partial charge in [0.1, 0.15) is 0 Å². The Labute approximate surface area is 83.7 Å². The summed E-state index contributed by atoms with van der Waals surface area (Å²) in [5, 5.41) is 0. The van der Waals surface area contributed by atoms with Gasteiger partial charge in [0, 0.05) is 0 Å². The monoisotopic (exact) mass is 180 g/mol. The zero-order valence-corrected chi connectivity index (χ0v) is 9.10. The van der Waals surface area contributed by atoms with Crippen LogP contribution in [0, 0.1) is 5.92 Å². The van der Waals surface area contributed by atoms with E-state index < -0.39 is 0 Å². The molecule has 0 aliphatic rings. The van der Waals surface area contributed by atoms with Crippen LogP contribution in [0.4, 0.5) is 0 Å². The molecule has 0 aromatic carbocycles. The fourth-order valence-electron chi connectivity index (χ4n) is 1.49. The molecule has 0 saturated carbocycles. The lowest BCUT2D eigenvalue weighted by Crippen LogP contribution is -1.90. The highest BCUT2D eigenvalue weighted by atomic mass is 14.0. The molecule has 0 N–H and O–H groups in total. The Morgan fingerprint density at radius 2 is 1.46 bits per heavy atom. The van der Waals surface area contributed by atoms with Gasteiger partial charge in [-0.05, 0) is 12.3 Å². The number of hydrogen-bond donors (Lipinski definition) is 0. The van der Waals surface area contributed by atoms with E-state index in [0.717, 1.165) is 0 Å². The Bertz CT molecular complexity index is 116. The standard InChI is InChI=1S/C13H24/c1-4-7-8-9-10-11-12-13(5-2)6-3/h5-6,13H,2-4,7-12H2,1H3. The third-order valence-corrected chi connectivity index (χ3v) is 2.50. The van der Waals surface area contributed by atoms with Crippen LogP contribution in [0.15, 0.2) is 25.3 Å². The first-order chi connectivity index (χ1) is 6.35. The number of unbranched alkanes of at least 4 members (excludes halogenated alkanes) is 5. The zero-order chi connectivity index (χ0) is 9.94. The third-order valence-electron chi connectivity index (χ3n) is 2.50. The number of allylic oxidation sites excluding steroid dienone is 2. The summed E-state index contributed by atoms with van der Waals surface area (Å²) in [6.07, 6.45) is 13.5. The van der Waals surface area contributed by atoms with E-state index >= 15 is 0 Å². The van der Waals surface area contributed by atoms with Crippen LogP contribution >= 0.6 is 0 Å². The van der Waals surface area contributed by atoms with Gasteiger partial charge in [-0.3, -0.25) is 0 Å². The van der Waals surface area contributed by atoms with Crippen molar-refractivity contribution in [2.24, 2.45) is 5.92 Å². The van der Waals surface area contributed by atoms with E-state index in [2.05, 4.69) is 20.1 Å². The molecule has 0 unspecified atom stereocenters. The summed E-state index contributed by atoms with van der Waals surface area (Å²) in [4.78, 5) is 0. The van der Waals surface area contributed by atoms with E-state index in [-0.39, 0.29) is 0 Å². The second-order valence-corrected chi connectivity index (χ2v) is 3.69. The molecular formula is C13H24. The average molecular weight is 180 g/mol. The summed E-state index contributed by atoms with van der Waals surface area (Å²) in [5.74, 6) is 0.533. The summed E-state index contributed by atoms with van der Waals surface area (Å²) in [6, 6.07) is 0. The molecule has 0 radical (unpaired) electrons. The predicted molar refractivity (Wildman–Crippen MR) is 61.9 cm³/mol. The minimum absolute atomic E-state index is 0.533. The molecule has 0 aliphatic heterocycles. The van der Waals surface area contributed by atoms with Gasteiger partial charge in [-0.15, -0.1) is 13.2 Å². The highest BCUT2D eigenvalue weighted by Crippen LogP contribution is 2.13. The van der Waals surface area contributed by atoms with E-state index in [1.807, 2.05) is 12.2 Å². The first kappa shape index (κ1) is 12.5. The van der Waals surface area contributed by atoms with Crippen LogP contribution < -0.4 is 0 Å². The lowest BCUT2D eigenvalue weighted by atomic mass is 10.0. The summed E-state index contributed by atoms with van der Waals surface area (Å²) < 4.78 is 0. The predicted octanol–water partition coefficient (Wildman–Crippen LogP) is 4.73. The summed E-state index contributed by atoms with van der Waals surface area (Å²) >= 11 is 0. The smallest absolute Gasteiger partial charge is 0.00589 e. The average Bonchev–Trinajstić information content (AvgIpc) is 2.17. The van der Waals surface area contributed by atoms with Crippen molar-refractivity contribution in [1.82, 2.24) is 0 Å². The molecule has 0 bridgehead atoms. The Morgan fingerprint density at radius 3 is 2.00 bits per heavy atom. The Balaban J connectivity index is 3.14. The van der Waals surface area contributed by atoms with Crippen molar-refractivity contribution in [3.8, 4) is 0 Å². The molecule has 76 valence electrons. The molecule has 0 saturated heterocycles. The van der Waals surface area contributed by atoms with Gasteiger partial charge in [0.05, 0.1) is 0 Å². The van der Waals surface area contributed by atoms with Crippen LogP contribution in [0.2, 0.25) is 0 Å². The van der Waals surface area contributed by atoms with Crippen molar-refractivity contribution in [2.75, 3.05) is 0 Å². The fourth-order valence-corrected chi connectivity index (χ4v) is 1.49. The molecule has 0 aromatic heterocycles. The molecule has 0 rings (SSSR count). The first-order valence-electron chi connectivity index (χ1n) is 5.60. The highest BCUT2D eigenvalue weighted by Gasteiger charge is 1.97. The molecule has 0 fully saturated rings. The summed E-state index contributed by atoms with van der Waals surface area (Å²) in [5.41, 5.74) is 0. The van der Waals surface area contributed by atoms with Crippen LogP contribution in [0.1, 0.15) is 51.9 Å². The normalized spacial score (nSPS) is 10.3. The quantitative estimate of drug-likeness (QED) is 0.355. The maximum Gasteiger partial charge on any atom is -0.00589 e. The van der Waals surface area contributed by atoms with Crippen LogP contribution in [0.3, 0.4) is 0 Å². The minimum atomic E-state index is 0.533. The van der Waals surface area contributed by atoms with Gasteiger partial charge in [0.15, 0.2) is 0 Å². The highest BCUT2D eigenvalue weighted by molar-refractivity contribution is 4.91. The Kier molecular flexibility index (Phi) is 9.18. The van der Waals surface area contributed by atoms with Crippen molar-refractivity contribution in [2.45, 2.75) is 51.9 Å². The molecule has 0 heteroatoms. The summed E-state index contributed by atoms with van der Waals surface area (Å²) in [6.45, 7) is 9.83. The van der Waals surface area contributed by atoms with Crippen LogP contribution in [0.5, 0.6) is 0 Å². The van der Waals surface area contributed by atoms with E-state index in [4.69, 9.17) is 0 Å². The van der Waals surface area contributed by atoms with Gasteiger partial charge < -0.3 is 0 Å². The molecule has 0 amide bonds. The second kappa shape index (κ2) is 9.57. The molecule has 13 heavy (non-hydrogen) atoms. The molecule has 0 aliphatic carbocycles. The lowest BCUT2D eigenvalue weighted by Gasteiger charge is -2.05. The maximum absolute atomic E-state index is 3.79. The van der Waals surface area contributed by atoms with Crippen LogP contribution in [-0.2, 0) is 0 Å². The minimum Gasteiger partial charge on any atom is -0.102 e. The van der Waals surface area contributed by atoms with Crippen molar-refractivity contribution in [3.63, 3.8) is 0 Å². The van der Waals surface area contributed by atoms with Gasteiger partial charge in [0.25, 0.3) is 0 Å². The molecule has 0 aromatic rings.